The Labute approximate surface area is 142 Å². The molecule has 1 amide bonds. The summed E-state index contributed by atoms with van der Waals surface area (Å²) in [6, 6.07) is 15.1. The zero-order valence-corrected chi connectivity index (χ0v) is 13.2. The summed E-state index contributed by atoms with van der Waals surface area (Å²) >= 11 is 6.12. The van der Waals surface area contributed by atoms with E-state index in [0.29, 0.717) is 0 Å². The number of rotatable bonds is 4. The van der Waals surface area contributed by atoms with E-state index in [1.807, 2.05) is 24.3 Å². The van der Waals surface area contributed by atoms with E-state index < -0.39 is 4.92 Å². The van der Waals surface area contributed by atoms with E-state index in [-0.39, 0.29) is 29.0 Å². The fourth-order valence-electron chi connectivity index (χ4n) is 2.28. The number of amides is 1. The molecule has 0 spiro atoms. The Hall–Kier alpha value is -2.99. The van der Waals surface area contributed by atoms with Crippen LogP contribution in [0.1, 0.15) is 16.1 Å². The van der Waals surface area contributed by atoms with Gasteiger partial charge in [0.15, 0.2) is 0 Å². The smallest absolute Gasteiger partial charge is 0.270 e. The second-order valence-electron chi connectivity index (χ2n) is 5.13. The highest BCUT2D eigenvalue weighted by Crippen LogP contribution is 2.22. The van der Waals surface area contributed by atoms with Crippen molar-refractivity contribution in [3.63, 3.8) is 0 Å². The van der Waals surface area contributed by atoms with Crippen molar-refractivity contribution in [3.8, 4) is 0 Å². The zero-order valence-electron chi connectivity index (χ0n) is 12.4. The van der Waals surface area contributed by atoms with Gasteiger partial charge in [-0.1, -0.05) is 48.0 Å². The number of nitrogens with zero attached hydrogens (tertiary/aromatic N) is 2. The topological polar surface area (TPSA) is 85.1 Å². The molecule has 0 saturated heterocycles. The van der Waals surface area contributed by atoms with Crippen LogP contribution in [0.15, 0.2) is 54.6 Å². The lowest BCUT2D eigenvalue weighted by Gasteiger charge is -2.07. The number of nitro groups is 1. The molecule has 3 rings (SSSR count). The van der Waals surface area contributed by atoms with Crippen molar-refractivity contribution in [1.29, 1.82) is 0 Å². The Morgan fingerprint density at radius 1 is 1.17 bits per heavy atom. The van der Waals surface area contributed by atoms with Crippen LogP contribution in [0.3, 0.4) is 0 Å². The van der Waals surface area contributed by atoms with E-state index >= 15 is 0 Å². The third-order valence-corrected chi connectivity index (χ3v) is 3.81. The van der Waals surface area contributed by atoms with Gasteiger partial charge in [0.1, 0.15) is 10.8 Å². The minimum Gasteiger partial charge on any atom is -0.347 e. The highest BCUT2D eigenvalue weighted by Gasteiger charge is 2.11. The summed E-state index contributed by atoms with van der Waals surface area (Å²) in [6.45, 7) is 0.239. The molecule has 0 aliphatic carbocycles. The summed E-state index contributed by atoms with van der Waals surface area (Å²) in [5, 5.41) is 15.2. The predicted molar refractivity (Wildman–Crippen MR) is 91.0 cm³/mol. The standard InChI is InChI=1S/C17H12ClN3O3/c18-16-14-4-2-1-3-12(14)9-15(20-16)17(22)19-10-11-5-7-13(8-6-11)21(23)24/h1-9H,10H2,(H,19,22). The molecule has 7 heteroatoms. The number of hydrogen-bond donors (Lipinski definition) is 1. The third-order valence-electron chi connectivity index (χ3n) is 3.53. The molecule has 0 radical (unpaired) electrons. The van der Waals surface area contributed by atoms with Gasteiger partial charge in [-0.2, -0.15) is 0 Å². The van der Waals surface area contributed by atoms with Crippen LogP contribution in [0, 0.1) is 10.1 Å². The molecule has 1 heterocycles. The van der Waals surface area contributed by atoms with Crippen LogP contribution < -0.4 is 5.32 Å². The minimum atomic E-state index is -0.469. The fourth-order valence-corrected chi connectivity index (χ4v) is 2.54. The molecule has 3 aromatic rings. The van der Waals surface area contributed by atoms with Crippen LogP contribution >= 0.6 is 11.6 Å². The maximum absolute atomic E-state index is 12.2. The quantitative estimate of drug-likeness (QED) is 0.445. The summed E-state index contributed by atoms with van der Waals surface area (Å²) in [7, 11) is 0. The lowest BCUT2D eigenvalue weighted by atomic mass is 10.1. The van der Waals surface area contributed by atoms with Crippen molar-refractivity contribution in [2.24, 2.45) is 0 Å². The first-order valence-corrected chi connectivity index (χ1v) is 7.49. The van der Waals surface area contributed by atoms with Crippen molar-refractivity contribution in [2.45, 2.75) is 6.54 Å². The molecule has 0 fully saturated rings. The molecule has 0 aliphatic heterocycles. The lowest BCUT2D eigenvalue weighted by Crippen LogP contribution is -2.23. The molecule has 0 aliphatic rings. The van der Waals surface area contributed by atoms with Gasteiger partial charge < -0.3 is 5.32 Å². The molecule has 0 bridgehead atoms. The average Bonchev–Trinajstić information content (AvgIpc) is 2.60. The number of carbonyl (C=O) groups is 1. The van der Waals surface area contributed by atoms with Crippen LogP contribution in [-0.4, -0.2) is 15.8 Å². The summed E-state index contributed by atoms with van der Waals surface area (Å²) in [4.78, 5) is 26.5. The van der Waals surface area contributed by atoms with Gasteiger partial charge in [0.2, 0.25) is 0 Å². The summed E-state index contributed by atoms with van der Waals surface area (Å²) in [5.41, 5.74) is 0.981. The van der Waals surface area contributed by atoms with Crippen LogP contribution in [0.2, 0.25) is 5.15 Å². The molecular formula is C17H12ClN3O3. The monoisotopic (exact) mass is 341 g/mol. The number of benzene rings is 2. The molecule has 0 atom stereocenters. The summed E-state index contributed by atoms with van der Waals surface area (Å²) < 4.78 is 0. The van der Waals surface area contributed by atoms with Crippen molar-refractivity contribution in [1.82, 2.24) is 10.3 Å². The van der Waals surface area contributed by atoms with E-state index in [4.69, 9.17) is 11.6 Å². The molecule has 24 heavy (non-hydrogen) atoms. The number of non-ortho nitro benzene ring substituents is 1. The lowest BCUT2D eigenvalue weighted by molar-refractivity contribution is -0.384. The van der Waals surface area contributed by atoms with E-state index in [2.05, 4.69) is 10.3 Å². The SMILES string of the molecule is O=C(NCc1ccc([N+](=O)[O-])cc1)c1cc2ccccc2c(Cl)n1. The molecule has 120 valence electrons. The first-order valence-electron chi connectivity index (χ1n) is 7.11. The summed E-state index contributed by atoms with van der Waals surface area (Å²) in [6.07, 6.45) is 0. The normalized spacial score (nSPS) is 10.5. The average molecular weight is 342 g/mol. The highest BCUT2D eigenvalue weighted by atomic mass is 35.5. The molecule has 0 saturated carbocycles. The maximum atomic E-state index is 12.2. The molecule has 1 N–H and O–H groups in total. The predicted octanol–water partition coefficient (Wildman–Crippen LogP) is 3.73. The second-order valence-corrected chi connectivity index (χ2v) is 5.48. The Bertz CT molecular complexity index is 926. The molecule has 2 aromatic carbocycles. The Balaban J connectivity index is 1.74. The Kier molecular flexibility index (Phi) is 4.39. The van der Waals surface area contributed by atoms with Crippen molar-refractivity contribution >= 4 is 34.0 Å². The van der Waals surface area contributed by atoms with Crippen LogP contribution in [-0.2, 0) is 6.54 Å². The van der Waals surface area contributed by atoms with Gasteiger partial charge in [-0.05, 0) is 17.0 Å². The number of hydrogen-bond acceptors (Lipinski definition) is 4. The van der Waals surface area contributed by atoms with Gasteiger partial charge in [-0.15, -0.1) is 0 Å². The number of carbonyl (C=O) groups excluding carboxylic acids is 1. The van der Waals surface area contributed by atoms with Gasteiger partial charge in [-0.3, -0.25) is 14.9 Å². The van der Waals surface area contributed by atoms with E-state index in [1.165, 1.54) is 12.1 Å². The number of pyridine rings is 1. The van der Waals surface area contributed by atoms with Crippen LogP contribution in [0.25, 0.3) is 10.8 Å². The number of halogens is 1. The van der Waals surface area contributed by atoms with Crippen LogP contribution in [0.5, 0.6) is 0 Å². The molecule has 0 unspecified atom stereocenters. The fraction of sp³-hybridized carbons (Fsp3) is 0.0588. The second kappa shape index (κ2) is 6.64. The molecular weight excluding hydrogens is 330 g/mol. The number of fused-ring (bicyclic) bond motifs is 1. The van der Waals surface area contributed by atoms with E-state index in [1.54, 1.807) is 18.2 Å². The largest absolute Gasteiger partial charge is 0.347 e. The molecule has 6 nitrogen and oxygen atoms in total. The third kappa shape index (κ3) is 3.33. The van der Waals surface area contributed by atoms with Gasteiger partial charge >= 0.3 is 0 Å². The highest BCUT2D eigenvalue weighted by molar-refractivity contribution is 6.34. The van der Waals surface area contributed by atoms with E-state index in [0.717, 1.165) is 16.3 Å². The number of aromatic nitrogens is 1. The number of nitrogens with one attached hydrogen (secondary N) is 1. The molecule has 1 aromatic heterocycles. The van der Waals surface area contributed by atoms with Gasteiger partial charge in [0.25, 0.3) is 11.6 Å². The van der Waals surface area contributed by atoms with E-state index in [9.17, 15) is 14.9 Å². The van der Waals surface area contributed by atoms with Crippen molar-refractivity contribution < 1.29 is 9.72 Å². The van der Waals surface area contributed by atoms with Crippen molar-refractivity contribution in [3.05, 3.63) is 81.1 Å². The minimum absolute atomic E-state index is 0.00746. The van der Waals surface area contributed by atoms with Gasteiger partial charge in [0.05, 0.1) is 4.92 Å². The Morgan fingerprint density at radius 3 is 2.58 bits per heavy atom. The first kappa shape index (κ1) is 15.9. The maximum Gasteiger partial charge on any atom is 0.270 e. The van der Waals surface area contributed by atoms with Gasteiger partial charge in [0, 0.05) is 24.1 Å². The summed E-state index contributed by atoms with van der Waals surface area (Å²) in [5.74, 6) is -0.360. The Morgan fingerprint density at radius 2 is 1.88 bits per heavy atom. The first-order chi connectivity index (χ1) is 11.5. The van der Waals surface area contributed by atoms with Crippen molar-refractivity contribution in [2.75, 3.05) is 0 Å². The van der Waals surface area contributed by atoms with Gasteiger partial charge in [-0.25, -0.2) is 4.98 Å². The van der Waals surface area contributed by atoms with Crippen LogP contribution in [0.4, 0.5) is 5.69 Å². The number of nitro benzene ring substituents is 1. The zero-order chi connectivity index (χ0) is 17.1.